The second-order valence-electron chi connectivity index (χ2n) is 3.30. The van der Waals surface area contributed by atoms with Crippen LogP contribution in [0.4, 0.5) is 0 Å². The van der Waals surface area contributed by atoms with Crippen LogP contribution in [0.2, 0.25) is 0 Å². The van der Waals surface area contributed by atoms with Crippen LogP contribution in [0.5, 0.6) is 0 Å². The molecule has 0 atom stereocenters. The van der Waals surface area contributed by atoms with Crippen molar-refractivity contribution in [1.82, 2.24) is 10.2 Å². The molecule has 0 radical (unpaired) electrons. The molecule has 1 aliphatic rings. The molecule has 0 aromatic carbocycles. The average Bonchev–Trinajstić information content (AvgIpc) is 2.49. The summed E-state index contributed by atoms with van der Waals surface area (Å²) < 4.78 is 6.22. The summed E-state index contributed by atoms with van der Waals surface area (Å²) in [4.78, 5) is 0. The first-order valence-electron chi connectivity index (χ1n) is 3.75. The molecule has 2 heterocycles. The van der Waals surface area contributed by atoms with Crippen LogP contribution in [-0.2, 0) is 4.74 Å². The highest BCUT2D eigenvalue weighted by Gasteiger charge is 2.33. The van der Waals surface area contributed by atoms with Crippen molar-refractivity contribution >= 4 is 23.1 Å². The molecule has 3 nitrogen and oxygen atoms in total. The van der Waals surface area contributed by atoms with Gasteiger partial charge in [0, 0.05) is 11.2 Å². The van der Waals surface area contributed by atoms with Gasteiger partial charge in [-0.25, -0.2) is 0 Å². The van der Waals surface area contributed by atoms with Crippen LogP contribution in [0.3, 0.4) is 0 Å². The van der Waals surface area contributed by atoms with E-state index >= 15 is 0 Å². The quantitative estimate of drug-likeness (QED) is 0.698. The van der Waals surface area contributed by atoms with Crippen LogP contribution in [0.1, 0.15) is 6.92 Å². The molecular weight excluding hydrogens is 192 g/mol. The molecule has 2 rings (SSSR count). The summed E-state index contributed by atoms with van der Waals surface area (Å²) in [5.74, 6) is 1.09. The third-order valence-corrected chi connectivity index (χ3v) is 4.08. The molecule has 12 heavy (non-hydrogen) atoms. The predicted molar refractivity (Wildman–Crippen MR) is 49.6 cm³/mol. The van der Waals surface area contributed by atoms with Gasteiger partial charge in [0.05, 0.1) is 13.2 Å². The van der Waals surface area contributed by atoms with Crippen molar-refractivity contribution in [2.24, 2.45) is 5.41 Å². The van der Waals surface area contributed by atoms with Gasteiger partial charge < -0.3 is 4.74 Å². The molecule has 5 heteroatoms. The Kier molecular flexibility index (Phi) is 2.34. The summed E-state index contributed by atoms with van der Waals surface area (Å²) in [5, 5.41) is 7.75. The van der Waals surface area contributed by atoms with Crippen molar-refractivity contribution in [2.45, 2.75) is 11.3 Å². The first-order valence-corrected chi connectivity index (χ1v) is 5.62. The summed E-state index contributed by atoms with van der Waals surface area (Å²) in [6.07, 6.45) is 0. The average molecular weight is 202 g/mol. The second-order valence-corrected chi connectivity index (χ2v) is 5.35. The van der Waals surface area contributed by atoms with E-state index < -0.39 is 0 Å². The van der Waals surface area contributed by atoms with Crippen LogP contribution in [0.25, 0.3) is 0 Å². The Labute approximate surface area is 79.5 Å². The molecule has 0 spiro atoms. The molecule has 0 amide bonds. The van der Waals surface area contributed by atoms with E-state index in [4.69, 9.17) is 4.74 Å². The summed E-state index contributed by atoms with van der Waals surface area (Å²) in [5.41, 5.74) is 2.14. The second kappa shape index (κ2) is 3.32. The van der Waals surface area contributed by atoms with E-state index in [1.807, 2.05) is 0 Å². The normalized spacial score (nSPS) is 20.4. The Hall–Kier alpha value is -0.130. The maximum absolute atomic E-state index is 5.16. The third kappa shape index (κ3) is 1.78. The zero-order valence-corrected chi connectivity index (χ0v) is 8.45. The van der Waals surface area contributed by atoms with Crippen molar-refractivity contribution in [3.63, 3.8) is 0 Å². The van der Waals surface area contributed by atoms with E-state index in [1.54, 1.807) is 28.6 Å². The van der Waals surface area contributed by atoms with Crippen molar-refractivity contribution in [3.8, 4) is 0 Å². The SMILES string of the molecule is CC1(CSc2nncs2)COC1. The number of ether oxygens (including phenoxy) is 1. The highest BCUT2D eigenvalue weighted by Crippen LogP contribution is 2.33. The lowest BCUT2D eigenvalue weighted by Gasteiger charge is -2.37. The fraction of sp³-hybridized carbons (Fsp3) is 0.714. The Morgan fingerprint density at radius 3 is 3.08 bits per heavy atom. The highest BCUT2D eigenvalue weighted by atomic mass is 32.2. The van der Waals surface area contributed by atoms with Crippen LogP contribution < -0.4 is 0 Å². The molecule has 0 aliphatic carbocycles. The topological polar surface area (TPSA) is 35.0 Å². The van der Waals surface area contributed by atoms with E-state index in [2.05, 4.69) is 17.1 Å². The molecule has 1 aromatic heterocycles. The minimum Gasteiger partial charge on any atom is -0.380 e. The lowest BCUT2D eigenvalue weighted by molar-refractivity contribution is -0.0861. The Morgan fingerprint density at radius 2 is 2.58 bits per heavy atom. The van der Waals surface area contributed by atoms with Gasteiger partial charge in [-0.15, -0.1) is 10.2 Å². The number of aromatic nitrogens is 2. The molecule has 1 aliphatic heterocycles. The zero-order chi connectivity index (χ0) is 8.44. The molecule has 0 unspecified atom stereocenters. The number of thioether (sulfide) groups is 1. The molecule has 66 valence electrons. The van der Waals surface area contributed by atoms with E-state index in [1.165, 1.54) is 0 Å². The summed E-state index contributed by atoms with van der Waals surface area (Å²) in [6.45, 7) is 4.02. The maximum atomic E-state index is 5.16. The first-order chi connectivity index (χ1) is 5.79. The number of rotatable bonds is 3. The fourth-order valence-corrected chi connectivity index (χ4v) is 2.60. The zero-order valence-electron chi connectivity index (χ0n) is 6.82. The fourth-order valence-electron chi connectivity index (χ4n) is 0.996. The molecule has 0 N–H and O–H groups in total. The summed E-state index contributed by atoms with van der Waals surface area (Å²) >= 11 is 3.37. The minimum atomic E-state index is 0.371. The minimum absolute atomic E-state index is 0.371. The van der Waals surface area contributed by atoms with Gasteiger partial charge in [-0.3, -0.25) is 0 Å². The predicted octanol–water partition coefficient (Wildman–Crippen LogP) is 1.67. The standard InChI is InChI=1S/C7H10N2OS2/c1-7(2-10-3-7)4-11-6-9-8-5-12-6/h5H,2-4H2,1H3. The summed E-state index contributed by atoms with van der Waals surface area (Å²) in [6, 6.07) is 0. The highest BCUT2D eigenvalue weighted by molar-refractivity contribution is 8.01. The van der Waals surface area contributed by atoms with E-state index in [0.29, 0.717) is 5.41 Å². The van der Waals surface area contributed by atoms with Gasteiger partial charge in [-0.2, -0.15) is 0 Å². The van der Waals surface area contributed by atoms with E-state index in [-0.39, 0.29) is 0 Å². The van der Waals surface area contributed by atoms with Gasteiger partial charge >= 0.3 is 0 Å². The Bertz CT molecular complexity index is 246. The molecule has 1 aromatic rings. The third-order valence-electron chi connectivity index (χ3n) is 1.79. The monoisotopic (exact) mass is 202 g/mol. The molecule has 1 saturated heterocycles. The lowest BCUT2D eigenvalue weighted by atomic mass is 9.92. The Morgan fingerprint density at radius 1 is 1.75 bits per heavy atom. The number of nitrogens with zero attached hydrogens (tertiary/aromatic N) is 2. The van der Waals surface area contributed by atoms with Crippen molar-refractivity contribution < 1.29 is 4.74 Å². The molecule has 1 fully saturated rings. The lowest BCUT2D eigenvalue weighted by Crippen LogP contribution is -2.41. The van der Waals surface area contributed by atoms with Gasteiger partial charge in [0.2, 0.25) is 0 Å². The molecular formula is C7H10N2OS2. The number of hydrogen-bond donors (Lipinski definition) is 0. The first kappa shape index (κ1) is 8.47. The molecule has 0 bridgehead atoms. The van der Waals surface area contributed by atoms with Crippen LogP contribution in [0, 0.1) is 5.41 Å². The number of hydrogen-bond acceptors (Lipinski definition) is 5. The van der Waals surface area contributed by atoms with Gasteiger partial charge in [0.15, 0.2) is 4.34 Å². The van der Waals surface area contributed by atoms with E-state index in [0.717, 1.165) is 23.3 Å². The largest absolute Gasteiger partial charge is 0.380 e. The van der Waals surface area contributed by atoms with Crippen LogP contribution >= 0.6 is 23.1 Å². The van der Waals surface area contributed by atoms with Gasteiger partial charge in [-0.05, 0) is 0 Å². The van der Waals surface area contributed by atoms with Gasteiger partial charge in [0.1, 0.15) is 5.51 Å². The van der Waals surface area contributed by atoms with E-state index in [9.17, 15) is 0 Å². The van der Waals surface area contributed by atoms with Crippen molar-refractivity contribution in [3.05, 3.63) is 5.51 Å². The van der Waals surface area contributed by atoms with Crippen molar-refractivity contribution in [2.75, 3.05) is 19.0 Å². The summed E-state index contributed by atoms with van der Waals surface area (Å²) in [7, 11) is 0. The smallest absolute Gasteiger partial charge is 0.174 e. The molecule has 0 saturated carbocycles. The van der Waals surface area contributed by atoms with Crippen molar-refractivity contribution in [1.29, 1.82) is 0 Å². The Balaban J connectivity index is 1.82. The van der Waals surface area contributed by atoms with Gasteiger partial charge in [0.25, 0.3) is 0 Å². The van der Waals surface area contributed by atoms with Crippen LogP contribution in [0.15, 0.2) is 9.85 Å². The van der Waals surface area contributed by atoms with Gasteiger partial charge in [-0.1, -0.05) is 30.0 Å². The van der Waals surface area contributed by atoms with Crippen LogP contribution in [-0.4, -0.2) is 29.2 Å². The maximum Gasteiger partial charge on any atom is 0.174 e.